The first-order valence-corrected chi connectivity index (χ1v) is 5.20. The molecule has 1 aromatic rings. The predicted molar refractivity (Wildman–Crippen MR) is 63.5 cm³/mol. The van der Waals surface area contributed by atoms with Crippen molar-refractivity contribution in [1.29, 1.82) is 0 Å². The fourth-order valence-corrected chi connectivity index (χ4v) is 1.33. The second-order valence-electron chi connectivity index (χ2n) is 4.32. The maximum atomic E-state index is 13.0. The highest BCUT2D eigenvalue weighted by Crippen LogP contribution is 2.17. The second-order valence-corrected chi connectivity index (χ2v) is 4.84. The molecule has 0 aliphatic carbocycles. The number of carbonyl (C=O) groups excluding carboxylic acids is 1. The molecule has 0 atom stereocenters. The molecule has 0 aliphatic heterocycles. The Kier molecular flexibility index (Phi) is 3.80. The number of ether oxygens (including phenoxy) is 1. The summed E-state index contributed by atoms with van der Waals surface area (Å²) in [5.41, 5.74) is -0.263. The van der Waals surface area contributed by atoms with Gasteiger partial charge in [0.2, 0.25) is 0 Å². The van der Waals surface area contributed by atoms with Crippen molar-refractivity contribution in [3.63, 3.8) is 0 Å². The minimum Gasteiger partial charge on any atom is -0.444 e. The first-order valence-electron chi connectivity index (χ1n) is 4.76. The summed E-state index contributed by atoms with van der Waals surface area (Å²) < 4.78 is 18.0. The van der Waals surface area contributed by atoms with E-state index in [0.717, 1.165) is 0 Å². The SMILES string of the molecule is CC(C)(C)OC(=O)Nc1cc(F)cc(S)c1. The molecule has 0 radical (unpaired) electrons. The standard InChI is InChI=1S/C11H14FNO2S/c1-11(2,3)15-10(14)13-8-4-7(12)5-9(16)6-8/h4-6,16H,1-3H3,(H,13,14). The van der Waals surface area contributed by atoms with Gasteiger partial charge in [0.05, 0.1) is 0 Å². The van der Waals surface area contributed by atoms with Crippen LogP contribution in [0.25, 0.3) is 0 Å². The predicted octanol–water partition coefficient (Wildman–Crippen LogP) is 3.46. The van der Waals surface area contributed by atoms with Crippen LogP contribution in [0.15, 0.2) is 23.1 Å². The maximum Gasteiger partial charge on any atom is 0.412 e. The Labute approximate surface area is 99.4 Å². The van der Waals surface area contributed by atoms with Gasteiger partial charge in [-0.05, 0) is 39.0 Å². The molecule has 0 heterocycles. The van der Waals surface area contributed by atoms with Gasteiger partial charge in [0, 0.05) is 10.6 Å². The van der Waals surface area contributed by atoms with E-state index in [1.165, 1.54) is 18.2 Å². The molecule has 0 aromatic heterocycles. The number of nitrogens with one attached hydrogen (secondary N) is 1. The van der Waals surface area contributed by atoms with E-state index in [1.807, 2.05) is 0 Å². The van der Waals surface area contributed by atoms with Gasteiger partial charge < -0.3 is 4.74 Å². The van der Waals surface area contributed by atoms with Crippen molar-refractivity contribution >= 4 is 24.4 Å². The fraction of sp³-hybridized carbons (Fsp3) is 0.364. The molecule has 3 nitrogen and oxygen atoms in total. The molecule has 5 heteroatoms. The number of thiol groups is 1. The third-order valence-electron chi connectivity index (χ3n) is 1.53. The molecule has 0 spiro atoms. The second kappa shape index (κ2) is 4.74. The molecule has 1 amide bonds. The van der Waals surface area contributed by atoms with Crippen LogP contribution in [-0.2, 0) is 4.74 Å². The minimum atomic E-state index is -0.620. The van der Waals surface area contributed by atoms with Gasteiger partial charge >= 0.3 is 6.09 Å². The quantitative estimate of drug-likeness (QED) is 0.741. The molecule has 0 saturated heterocycles. The smallest absolute Gasteiger partial charge is 0.412 e. The zero-order chi connectivity index (χ0) is 12.3. The zero-order valence-corrected chi connectivity index (χ0v) is 10.3. The van der Waals surface area contributed by atoms with Gasteiger partial charge in [-0.2, -0.15) is 0 Å². The molecule has 88 valence electrons. The highest BCUT2D eigenvalue weighted by Gasteiger charge is 2.16. The van der Waals surface area contributed by atoms with Crippen molar-refractivity contribution in [2.45, 2.75) is 31.3 Å². The molecule has 1 N–H and O–H groups in total. The van der Waals surface area contributed by atoms with Crippen LogP contribution in [-0.4, -0.2) is 11.7 Å². The average Bonchev–Trinajstić information content (AvgIpc) is 1.96. The molecule has 16 heavy (non-hydrogen) atoms. The summed E-state index contributed by atoms with van der Waals surface area (Å²) in [6, 6.07) is 3.99. The lowest BCUT2D eigenvalue weighted by atomic mass is 10.2. The van der Waals surface area contributed by atoms with Crippen LogP contribution in [0.4, 0.5) is 14.9 Å². The molecule has 0 fully saturated rings. The Balaban J connectivity index is 2.70. The number of carbonyl (C=O) groups is 1. The van der Waals surface area contributed by atoms with E-state index in [-0.39, 0.29) is 0 Å². The first kappa shape index (κ1) is 12.8. The number of amides is 1. The van der Waals surface area contributed by atoms with Crippen molar-refractivity contribution in [3.8, 4) is 0 Å². The van der Waals surface area contributed by atoms with Crippen molar-refractivity contribution in [3.05, 3.63) is 24.0 Å². The number of halogens is 1. The summed E-state index contributed by atoms with van der Waals surface area (Å²) in [6.45, 7) is 5.26. The molecular formula is C11H14FNO2S. The number of hydrogen-bond donors (Lipinski definition) is 2. The number of hydrogen-bond acceptors (Lipinski definition) is 3. The van der Waals surface area contributed by atoms with E-state index in [9.17, 15) is 9.18 Å². The van der Waals surface area contributed by atoms with Crippen LogP contribution in [0.1, 0.15) is 20.8 Å². The van der Waals surface area contributed by atoms with Gasteiger partial charge in [-0.15, -0.1) is 12.6 Å². The zero-order valence-electron chi connectivity index (χ0n) is 9.37. The van der Waals surface area contributed by atoms with Gasteiger partial charge in [0.1, 0.15) is 11.4 Å². The van der Waals surface area contributed by atoms with Gasteiger partial charge in [0.15, 0.2) is 0 Å². The normalized spacial score (nSPS) is 11.1. The van der Waals surface area contributed by atoms with E-state index < -0.39 is 17.5 Å². The molecule has 1 aromatic carbocycles. The van der Waals surface area contributed by atoms with Gasteiger partial charge in [-0.3, -0.25) is 5.32 Å². The third kappa shape index (κ3) is 4.53. The summed E-state index contributed by atoms with van der Waals surface area (Å²) in [6.07, 6.45) is -0.620. The monoisotopic (exact) mass is 243 g/mol. The summed E-state index contributed by atoms with van der Waals surface area (Å²) in [4.78, 5) is 11.8. The summed E-state index contributed by atoms with van der Waals surface area (Å²) in [7, 11) is 0. The van der Waals surface area contributed by atoms with Crippen molar-refractivity contribution in [2.75, 3.05) is 5.32 Å². The van der Waals surface area contributed by atoms with Crippen LogP contribution < -0.4 is 5.32 Å². The topological polar surface area (TPSA) is 38.3 Å². The Bertz CT molecular complexity index is 381. The number of rotatable bonds is 1. The van der Waals surface area contributed by atoms with Crippen LogP contribution in [0.5, 0.6) is 0 Å². The van der Waals surface area contributed by atoms with Crippen molar-refractivity contribution in [2.24, 2.45) is 0 Å². The third-order valence-corrected chi connectivity index (χ3v) is 1.79. The van der Waals surface area contributed by atoms with Gasteiger partial charge in [-0.1, -0.05) is 0 Å². The Morgan fingerprint density at radius 3 is 2.50 bits per heavy atom. The van der Waals surface area contributed by atoms with Crippen molar-refractivity contribution in [1.82, 2.24) is 0 Å². The van der Waals surface area contributed by atoms with Crippen LogP contribution in [0.2, 0.25) is 0 Å². The largest absolute Gasteiger partial charge is 0.444 e. The number of benzene rings is 1. The Morgan fingerprint density at radius 1 is 1.38 bits per heavy atom. The molecule has 0 bridgehead atoms. The summed E-state index contributed by atoms with van der Waals surface area (Å²) in [5.74, 6) is -0.460. The lowest BCUT2D eigenvalue weighted by Gasteiger charge is -2.19. The first-order chi connectivity index (χ1) is 7.26. The number of anilines is 1. The Hall–Kier alpha value is -1.23. The molecule has 1 rings (SSSR count). The van der Waals surface area contributed by atoms with Crippen LogP contribution in [0, 0.1) is 5.82 Å². The van der Waals surface area contributed by atoms with Crippen molar-refractivity contribution < 1.29 is 13.9 Å². The molecular weight excluding hydrogens is 229 g/mol. The van der Waals surface area contributed by atoms with E-state index in [4.69, 9.17) is 4.74 Å². The molecule has 0 saturated carbocycles. The lowest BCUT2D eigenvalue weighted by molar-refractivity contribution is 0.0636. The van der Waals surface area contributed by atoms with E-state index >= 15 is 0 Å². The van der Waals surface area contributed by atoms with Crippen LogP contribution in [0.3, 0.4) is 0 Å². The van der Waals surface area contributed by atoms with Gasteiger partial charge in [-0.25, -0.2) is 9.18 Å². The average molecular weight is 243 g/mol. The highest BCUT2D eigenvalue weighted by molar-refractivity contribution is 7.80. The summed E-state index contributed by atoms with van der Waals surface area (Å²) in [5, 5.41) is 2.43. The Morgan fingerprint density at radius 2 is 2.00 bits per heavy atom. The van der Waals surface area contributed by atoms with E-state index in [2.05, 4.69) is 17.9 Å². The van der Waals surface area contributed by atoms with E-state index in [0.29, 0.717) is 10.6 Å². The molecule has 0 aliphatic rings. The molecule has 0 unspecified atom stereocenters. The lowest BCUT2D eigenvalue weighted by Crippen LogP contribution is -2.27. The summed E-state index contributed by atoms with van der Waals surface area (Å²) >= 11 is 4.00. The fourth-order valence-electron chi connectivity index (χ4n) is 1.07. The highest BCUT2D eigenvalue weighted by atomic mass is 32.1. The minimum absolute atomic E-state index is 0.319. The van der Waals surface area contributed by atoms with Gasteiger partial charge in [0.25, 0.3) is 0 Å². The maximum absolute atomic E-state index is 13.0. The van der Waals surface area contributed by atoms with Crippen LogP contribution >= 0.6 is 12.6 Å². The van der Waals surface area contributed by atoms with E-state index in [1.54, 1.807) is 20.8 Å².